The summed E-state index contributed by atoms with van der Waals surface area (Å²) in [6, 6.07) is 1.64. The third-order valence-corrected chi connectivity index (χ3v) is 2.38. The maximum absolute atomic E-state index is 11.4. The Morgan fingerprint density at radius 3 is 2.62 bits per heavy atom. The number of hydrogen-bond acceptors (Lipinski definition) is 4. The van der Waals surface area contributed by atoms with Gasteiger partial charge in [0, 0.05) is 10.9 Å². The van der Waals surface area contributed by atoms with Crippen molar-refractivity contribution < 1.29 is 9.53 Å². The molecule has 16 heavy (non-hydrogen) atoms. The van der Waals surface area contributed by atoms with Crippen LogP contribution < -0.4 is 11.1 Å². The first-order valence-corrected chi connectivity index (χ1v) is 5.59. The predicted molar refractivity (Wildman–Crippen MR) is 65.2 cm³/mol. The van der Waals surface area contributed by atoms with E-state index in [1.807, 2.05) is 0 Å². The summed E-state index contributed by atoms with van der Waals surface area (Å²) < 4.78 is 5.08. The van der Waals surface area contributed by atoms with E-state index in [1.54, 1.807) is 32.2 Å². The van der Waals surface area contributed by atoms with Gasteiger partial charge in [-0.05, 0) is 26.8 Å². The van der Waals surface area contributed by atoms with Crippen LogP contribution in [0.1, 0.15) is 26.3 Å². The summed E-state index contributed by atoms with van der Waals surface area (Å²) in [7, 11) is 0. The quantitative estimate of drug-likeness (QED) is 0.548. The number of carbonyl (C=O) groups excluding carboxylic acids is 1. The van der Waals surface area contributed by atoms with E-state index in [0.717, 1.165) is 0 Å². The molecule has 0 bridgehead atoms. The Morgan fingerprint density at radius 1 is 1.56 bits per heavy atom. The molecule has 0 saturated heterocycles. The number of hydrogen-bond donors (Lipinski definition) is 3. The summed E-state index contributed by atoms with van der Waals surface area (Å²) in [5.41, 5.74) is 5.38. The Hall–Kier alpha value is -1.56. The molecule has 1 amide bonds. The summed E-state index contributed by atoms with van der Waals surface area (Å²) in [5, 5.41) is 12.1. The topological polar surface area (TPSA) is 88.2 Å². The number of nitrogens with one attached hydrogen (secondary N) is 2. The van der Waals surface area contributed by atoms with Gasteiger partial charge in [-0.1, -0.05) is 0 Å². The molecule has 0 aliphatic rings. The molecular weight excluding hydrogens is 226 g/mol. The van der Waals surface area contributed by atoms with Crippen LogP contribution in [-0.4, -0.2) is 17.5 Å². The highest BCUT2D eigenvalue weighted by Crippen LogP contribution is 2.20. The van der Waals surface area contributed by atoms with E-state index in [4.69, 9.17) is 15.9 Å². The van der Waals surface area contributed by atoms with Gasteiger partial charge in [0.05, 0.1) is 5.00 Å². The van der Waals surface area contributed by atoms with Crippen molar-refractivity contribution in [1.29, 1.82) is 5.41 Å². The molecule has 0 fully saturated rings. The first kappa shape index (κ1) is 12.5. The van der Waals surface area contributed by atoms with Crippen molar-refractivity contribution in [2.24, 2.45) is 5.73 Å². The average Bonchev–Trinajstić information content (AvgIpc) is 2.48. The Labute approximate surface area is 98.1 Å². The fourth-order valence-corrected chi connectivity index (χ4v) is 1.73. The number of amidine groups is 1. The second kappa shape index (κ2) is 4.52. The molecule has 1 aromatic heterocycles. The highest BCUT2D eigenvalue weighted by molar-refractivity contribution is 7.14. The standard InChI is InChI=1S/C10H15N3O2S/c1-10(2,3)15-9(14)13-7-4-6(5-16-7)8(11)12/h4-5H,1-3H3,(H3,11,12)(H,13,14). The average molecular weight is 241 g/mol. The van der Waals surface area contributed by atoms with Crippen molar-refractivity contribution in [2.45, 2.75) is 26.4 Å². The highest BCUT2D eigenvalue weighted by Gasteiger charge is 2.16. The van der Waals surface area contributed by atoms with Crippen molar-refractivity contribution in [2.75, 3.05) is 5.32 Å². The molecule has 0 aliphatic carbocycles. The fraction of sp³-hybridized carbons (Fsp3) is 0.400. The van der Waals surface area contributed by atoms with Gasteiger partial charge in [-0.3, -0.25) is 10.7 Å². The van der Waals surface area contributed by atoms with Crippen molar-refractivity contribution in [3.63, 3.8) is 0 Å². The van der Waals surface area contributed by atoms with E-state index in [2.05, 4.69) is 5.32 Å². The van der Waals surface area contributed by atoms with Crippen LogP contribution in [0.4, 0.5) is 9.80 Å². The zero-order valence-corrected chi connectivity index (χ0v) is 10.3. The minimum Gasteiger partial charge on any atom is -0.444 e. The van der Waals surface area contributed by atoms with Crippen LogP contribution in [0.25, 0.3) is 0 Å². The van der Waals surface area contributed by atoms with Crippen molar-refractivity contribution in [3.8, 4) is 0 Å². The maximum atomic E-state index is 11.4. The lowest BCUT2D eigenvalue weighted by molar-refractivity contribution is 0.0636. The minimum absolute atomic E-state index is 0.0199. The SMILES string of the molecule is CC(C)(C)OC(=O)Nc1cc(C(=N)N)cs1. The third-order valence-electron chi connectivity index (χ3n) is 1.53. The number of nitrogen functional groups attached to an aromatic ring is 1. The molecule has 0 radical (unpaired) electrons. The molecule has 5 nitrogen and oxygen atoms in total. The zero-order chi connectivity index (χ0) is 12.3. The molecule has 0 aliphatic heterocycles. The molecule has 1 heterocycles. The van der Waals surface area contributed by atoms with Crippen LogP contribution in [0.2, 0.25) is 0 Å². The van der Waals surface area contributed by atoms with Crippen LogP contribution >= 0.6 is 11.3 Å². The van der Waals surface area contributed by atoms with Crippen LogP contribution in [0.5, 0.6) is 0 Å². The monoisotopic (exact) mass is 241 g/mol. The largest absolute Gasteiger partial charge is 0.444 e. The van der Waals surface area contributed by atoms with Gasteiger partial charge in [-0.2, -0.15) is 0 Å². The molecule has 0 saturated carbocycles. The molecule has 0 atom stereocenters. The summed E-state index contributed by atoms with van der Waals surface area (Å²) >= 11 is 1.30. The molecule has 4 N–H and O–H groups in total. The number of nitrogens with two attached hydrogens (primary N) is 1. The third kappa shape index (κ3) is 3.90. The van der Waals surface area contributed by atoms with Crippen LogP contribution in [0.3, 0.4) is 0 Å². The number of ether oxygens (including phenoxy) is 1. The Kier molecular flexibility index (Phi) is 3.54. The molecule has 6 heteroatoms. The lowest BCUT2D eigenvalue weighted by Crippen LogP contribution is -2.27. The first-order chi connectivity index (χ1) is 7.28. The Morgan fingerprint density at radius 2 is 2.19 bits per heavy atom. The van der Waals surface area contributed by atoms with Crippen LogP contribution in [-0.2, 0) is 4.74 Å². The van der Waals surface area contributed by atoms with Gasteiger partial charge < -0.3 is 10.5 Å². The van der Waals surface area contributed by atoms with Gasteiger partial charge in [0.2, 0.25) is 0 Å². The molecule has 0 unspecified atom stereocenters. The Bertz CT molecular complexity index is 406. The number of rotatable bonds is 2. The second-order valence-electron chi connectivity index (χ2n) is 4.24. The van der Waals surface area contributed by atoms with E-state index in [0.29, 0.717) is 10.6 Å². The van der Waals surface area contributed by atoms with Crippen LogP contribution in [0, 0.1) is 5.41 Å². The van der Waals surface area contributed by atoms with E-state index >= 15 is 0 Å². The van der Waals surface area contributed by atoms with E-state index in [9.17, 15) is 4.79 Å². The number of amides is 1. The molecule has 1 aromatic rings. The smallest absolute Gasteiger partial charge is 0.412 e. The van der Waals surface area contributed by atoms with Gasteiger partial charge in [0.15, 0.2) is 0 Å². The maximum Gasteiger partial charge on any atom is 0.412 e. The van der Waals surface area contributed by atoms with E-state index in [-0.39, 0.29) is 5.84 Å². The van der Waals surface area contributed by atoms with Crippen LogP contribution in [0.15, 0.2) is 11.4 Å². The molecule has 1 rings (SSSR count). The van der Waals surface area contributed by atoms with E-state index < -0.39 is 11.7 Å². The van der Waals surface area contributed by atoms with Gasteiger partial charge in [0.25, 0.3) is 0 Å². The lowest BCUT2D eigenvalue weighted by atomic mass is 10.2. The highest BCUT2D eigenvalue weighted by atomic mass is 32.1. The zero-order valence-electron chi connectivity index (χ0n) is 9.46. The first-order valence-electron chi connectivity index (χ1n) is 4.71. The Balaban J connectivity index is 2.60. The number of carbonyl (C=O) groups is 1. The van der Waals surface area contributed by atoms with E-state index in [1.165, 1.54) is 11.3 Å². The second-order valence-corrected chi connectivity index (χ2v) is 5.15. The summed E-state index contributed by atoms with van der Waals surface area (Å²) in [5.74, 6) is -0.0199. The fourth-order valence-electron chi connectivity index (χ4n) is 0.947. The van der Waals surface area contributed by atoms with Crippen molar-refractivity contribution >= 4 is 28.3 Å². The number of anilines is 1. The van der Waals surface area contributed by atoms with Gasteiger partial charge in [0.1, 0.15) is 11.4 Å². The summed E-state index contributed by atoms with van der Waals surface area (Å²) in [6.45, 7) is 5.38. The lowest BCUT2D eigenvalue weighted by Gasteiger charge is -2.19. The van der Waals surface area contributed by atoms with Gasteiger partial charge >= 0.3 is 6.09 Å². The minimum atomic E-state index is -0.523. The molecule has 88 valence electrons. The predicted octanol–water partition coefficient (Wildman–Crippen LogP) is 2.38. The number of thiophene rings is 1. The summed E-state index contributed by atoms with van der Waals surface area (Å²) in [6.07, 6.45) is -0.510. The summed E-state index contributed by atoms with van der Waals surface area (Å²) in [4.78, 5) is 11.4. The van der Waals surface area contributed by atoms with Crippen molar-refractivity contribution in [1.82, 2.24) is 0 Å². The molecular formula is C10H15N3O2S. The molecule has 0 aromatic carbocycles. The normalized spacial score (nSPS) is 10.9. The molecule has 0 spiro atoms. The van der Waals surface area contributed by atoms with Crippen molar-refractivity contribution in [3.05, 3.63) is 17.0 Å². The van der Waals surface area contributed by atoms with Gasteiger partial charge in [-0.25, -0.2) is 4.79 Å². The van der Waals surface area contributed by atoms with Gasteiger partial charge in [-0.15, -0.1) is 11.3 Å².